The molecule has 32 heavy (non-hydrogen) atoms. The second kappa shape index (κ2) is 8.33. The Morgan fingerprint density at radius 3 is 2.72 bits per heavy atom. The Labute approximate surface area is 192 Å². The first-order valence-electron chi connectivity index (χ1n) is 9.66. The molecule has 3 heterocycles. The van der Waals surface area contributed by atoms with Crippen molar-refractivity contribution in [2.24, 2.45) is 0 Å². The van der Waals surface area contributed by atoms with Gasteiger partial charge in [0, 0.05) is 25.5 Å². The van der Waals surface area contributed by atoms with E-state index in [0.29, 0.717) is 24.1 Å². The summed E-state index contributed by atoms with van der Waals surface area (Å²) in [5.74, 6) is -2.21. The van der Waals surface area contributed by atoms with Crippen LogP contribution in [0.1, 0.15) is 38.9 Å². The van der Waals surface area contributed by atoms with Gasteiger partial charge in [0.1, 0.15) is 11.7 Å². The summed E-state index contributed by atoms with van der Waals surface area (Å²) in [7, 11) is 0. The maximum Gasteiger partial charge on any atom is 0.325 e. The van der Waals surface area contributed by atoms with Gasteiger partial charge in [-0.05, 0) is 42.7 Å². The Bertz CT molecular complexity index is 1270. The number of halogens is 2. The molecule has 11 heteroatoms. The molecule has 0 radical (unpaired) electrons. The second-order valence-corrected chi connectivity index (χ2v) is 8.23. The molecule has 0 fully saturated rings. The number of carbonyl (C=O) groups excluding carboxylic acids is 2. The van der Waals surface area contributed by atoms with E-state index in [1.54, 1.807) is 33.8 Å². The topological polar surface area (TPSA) is 124 Å². The number of benzene rings is 1. The lowest BCUT2D eigenvalue weighted by Crippen LogP contribution is -2.39. The van der Waals surface area contributed by atoms with Gasteiger partial charge in [-0.1, -0.05) is 23.2 Å². The molecular weight excluding hydrogens is 459 g/mol. The smallest absolute Gasteiger partial charge is 0.325 e. The lowest BCUT2D eigenvalue weighted by atomic mass is 9.96. The molecule has 166 valence electrons. The number of rotatable bonds is 4. The normalized spacial score (nSPS) is 14.2. The number of aromatic hydroxyl groups is 1. The predicted octanol–water partition coefficient (Wildman–Crippen LogP) is 2.75. The van der Waals surface area contributed by atoms with E-state index in [1.165, 1.54) is 13.0 Å². The number of hydrogen-bond acceptors (Lipinski definition) is 5. The zero-order valence-corrected chi connectivity index (χ0v) is 18.3. The van der Waals surface area contributed by atoms with Crippen LogP contribution in [0.2, 0.25) is 10.0 Å². The molecule has 2 amide bonds. The van der Waals surface area contributed by atoms with Crippen molar-refractivity contribution in [1.29, 1.82) is 0 Å². The standard InChI is InChI=1S/C21H18Cl2N4O5/c1-10(21(31)32)24-19(29)16-13(22)7-11-8-27(6-4-12(11)17(16)23)20(30)14-9-26-5-2-3-15(28)18(26)25-14/h2-3,5,7,9-10,28H,4,6,8H2,1H3,(H,24,29)(H,31,32)/t10-/m0/s1. The summed E-state index contributed by atoms with van der Waals surface area (Å²) >= 11 is 12.8. The van der Waals surface area contributed by atoms with Crippen LogP contribution in [0.4, 0.5) is 0 Å². The highest BCUT2D eigenvalue weighted by Crippen LogP contribution is 2.35. The minimum absolute atomic E-state index is 0.00999. The lowest BCUT2D eigenvalue weighted by molar-refractivity contribution is -0.138. The van der Waals surface area contributed by atoms with E-state index in [4.69, 9.17) is 28.3 Å². The van der Waals surface area contributed by atoms with Crippen molar-refractivity contribution in [3.05, 3.63) is 63.0 Å². The Kier molecular flexibility index (Phi) is 5.70. The monoisotopic (exact) mass is 476 g/mol. The molecule has 1 aliphatic heterocycles. The number of nitrogens with one attached hydrogen (secondary N) is 1. The van der Waals surface area contributed by atoms with Crippen LogP contribution in [0.3, 0.4) is 0 Å². The van der Waals surface area contributed by atoms with Crippen LogP contribution < -0.4 is 5.32 Å². The van der Waals surface area contributed by atoms with E-state index in [0.717, 1.165) is 0 Å². The predicted molar refractivity (Wildman–Crippen MR) is 116 cm³/mol. The highest BCUT2D eigenvalue weighted by Gasteiger charge is 2.29. The molecule has 0 aliphatic carbocycles. The third-order valence-corrected chi connectivity index (χ3v) is 6.03. The molecule has 1 aromatic carbocycles. The van der Waals surface area contributed by atoms with Crippen molar-refractivity contribution >= 4 is 46.6 Å². The van der Waals surface area contributed by atoms with Crippen LogP contribution >= 0.6 is 23.2 Å². The summed E-state index contributed by atoms with van der Waals surface area (Å²) in [6.45, 7) is 1.88. The number of nitrogens with zero attached hydrogens (tertiary/aromatic N) is 3. The Hall–Kier alpha value is -3.30. The quantitative estimate of drug-likeness (QED) is 0.531. The summed E-state index contributed by atoms with van der Waals surface area (Å²) < 4.78 is 1.57. The van der Waals surface area contributed by atoms with Gasteiger partial charge in [-0.3, -0.25) is 14.4 Å². The molecule has 0 spiro atoms. The molecular formula is C21H18Cl2N4O5. The molecule has 1 atom stereocenters. The van der Waals surface area contributed by atoms with E-state index in [-0.39, 0.29) is 45.2 Å². The van der Waals surface area contributed by atoms with Crippen LogP contribution in [0.15, 0.2) is 30.6 Å². The molecule has 4 rings (SSSR count). The molecule has 0 unspecified atom stereocenters. The van der Waals surface area contributed by atoms with Gasteiger partial charge in [0.05, 0.1) is 15.6 Å². The molecule has 3 aromatic rings. The maximum absolute atomic E-state index is 13.0. The number of pyridine rings is 1. The fraction of sp³-hybridized carbons (Fsp3) is 0.238. The molecule has 9 nitrogen and oxygen atoms in total. The van der Waals surface area contributed by atoms with E-state index < -0.39 is 17.9 Å². The number of hydrogen-bond donors (Lipinski definition) is 3. The van der Waals surface area contributed by atoms with Gasteiger partial charge in [-0.2, -0.15) is 0 Å². The van der Waals surface area contributed by atoms with E-state index in [1.807, 2.05) is 0 Å². The summed E-state index contributed by atoms with van der Waals surface area (Å²) in [6.07, 6.45) is 3.61. The molecule has 0 saturated heterocycles. The van der Waals surface area contributed by atoms with Gasteiger partial charge in [0.2, 0.25) is 0 Å². The lowest BCUT2D eigenvalue weighted by Gasteiger charge is -2.30. The Balaban J connectivity index is 1.60. The number of aliphatic carboxylic acids is 1. The molecule has 2 aromatic heterocycles. The average Bonchev–Trinajstić information content (AvgIpc) is 3.18. The largest absolute Gasteiger partial charge is 0.504 e. The second-order valence-electron chi connectivity index (χ2n) is 7.45. The fourth-order valence-corrected chi connectivity index (χ4v) is 4.39. The van der Waals surface area contributed by atoms with Gasteiger partial charge in [0.15, 0.2) is 11.4 Å². The first kappa shape index (κ1) is 21.9. The zero-order chi connectivity index (χ0) is 23.2. The van der Waals surface area contributed by atoms with Crippen molar-refractivity contribution in [2.45, 2.75) is 25.9 Å². The third kappa shape index (κ3) is 3.85. The highest BCUT2D eigenvalue weighted by atomic mass is 35.5. The minimum Gasteiger partial charge on any atom is -0.504 e. The van der Waals surface area contributed by atoms with Crippen molar-refractivity contribution in [2.75, 3.05) is 6.54 Å². The number of imidazole rings is 1. The van der Waals surface area contributed by atoms with Crippen molar-refractivity contribution in [3.8, 4) is 5.75 Å². The number of carboxylic acid groups (broad SMARTS) is 1. The number of carbonyl (C=O) groups is 3. The number of amides is 2. The molecule has 0 bridgehead atoms. The van der Waals surface area contributed by atoms with E-state index in [2.05, 4.69) is 10.3 Å². The van der Waals surface area contributed by atoms with Crippen LogP contribution in [0.5, 0.6) is 5.75 Å². The first-order chi connectivity index (χ1) is 15.2. The van der Waals surface area contributed by atoms with Crippen molar-refractivity contribution in [3.63, 3.8) is 0 Å². The summed E-state index contributed by atoms with van der Waals surface area (Å²) in [6, 6.07) is 3.59. The zero-order valence-electron chi connectivity index (χ0n) is 16.8. The number of fused-ring (bicyclic) bond motifs is 2. The first-order valence-corrected chi connectivity index (χ1v) is 10.4. The van der Waals surface area contributed by atoms with Crippen LogP contribution in [-0.2, 0) is 17.8 Å². The van der Waals surface area contributed by atoms with Crippen LogP contribution in [0, 0.1) is 0 Å². The van der Waals surface area contributed by atoms with Gasteiger partial charge in [-0.25, -0.2) is 4.98 Å². The molecule has 0 saturated carbocycles. The molecule has 1 aliphatic rings. The molecule has 3 N–H and O–H groups in total. The SMILES string of the molecule is C[C@H](NC(=O)c1c(Cl)cc2c(c1Cl)CCN(C(=O)c1cn3cccc(O)c3n1)C2)C(=O)O. The van der Waals surface area contributed by atoms with Gasteiger partial charge in [0.25, 0.3) is 11.8 Å². The third-order valence-electron chi connectivity index (χ3n) is 5.32. The number of carboxylic acids is 1. The van der Waals surface area contributed by atoms with Gasteiger partial charge >= 0.3 is 5.97 Å². The number of aromatic nitrogens is 2. The van der Waals surface area contributed by atoms with E-state index in [9.17, 15) is 19.5 Å². The van der Waals surface area contributed by atoms with Gasteiger partial charge < -0.3 is 24.8 Å². The van der Waals surface area contributed by atoms with Crippen LogP contribution in [0.25, 0.3) is 5.65 Å². The van der Waals surface area contributed by atoms with Gasteiger partial charge in [-0.15, -0.1) is 0 Å². The van der Waals surface area contributed by atoms with Crippen LogP contribution in [-0.4, -0.2) is 54.9 Å². The van der Waals surface area contributed by atoms with E-state index >= 15 is 0 Å². The Morgan fingerprint density at radius 2 is 2.03 bits per heavy atom. The fourth-order valence-electron chi connectivity index (χ4n) is 3.63. The van der Waals surface area contributed by atoms with Crippen molar-refractivity contribution < 1.29 is 24.6 Å². The maximum atomic E-state index is 13.0. The minimum atomic E-state index is -1.18. The Morgan fingerprint density at radius 1 is 1.28 bits per heavy atom. The van der Waals surface area contributed by atoms with Crippen molar-refractivity contribution in [1.82, 2.24) is 19.6 Å². The highest BCUT2D eigenvalue weighted by molar-refractivity contribution is 6.40. The summed E-state index contributed by atoms with van der Waals surface area (Å²) in [5, 5.41) is 21.5. The summed E-state index contributed by atoms with van der Waals surface area (Å²) in [4.78, 5) is 42.4. The summed E-state index contributed by atoms with van der Waals surface area (Å²) in [5.41, 5.74) is 1.85. The average molecular weight is 477 g/mol.